The van der Waals surface area contributed by atoms with Crippen LogP contribution in [0.15, 0.2) is 30.3 Å². The number of carbonyl (C=O) groups excluding carboxylic acids is 1. The van der Waals surface area contributed by atoms with Gasteiger partial charge in [-0.2, -0.15) is 0 Å². The maximum Gasteiger partial charge on any atom is 0.222 e. The molecule has 4 nitrogen and oxygen atoms in total. The van der Waals surface area contributed by atoms with E-state index in [-0.39, 0.29) is 11.9 Å². The summed E-state index contributed by atoms with van der Waals surface area (Å²) in [7, 11) is 0. The lowest BCUT2D eigenvalue weighted by Gasteiger charge is -2.38. The quantitative estimate of drug-likeness (QED) is 0.786. The van der Waals surface area contributed by atoms with Gasteiger partial charge >= 0.3 is 0 Å². The highest BCUT2D eigenvalue weighted by Gasteiger charge is 2.27. The average molecular weight is 304 g/mol. The molecular formula is C18H28N2O2. The van der Waals surface area contributed by atoms with Crippen molar-refractivity contribution in [1.29, 1.82) is 0 Å². The molecular weight excluding hydrogens is 276 g/mol. The average Bonchev–Trinajstić information content (AvgIpc) is 2.54. The van der Waals surface area contributed by atoms with Crippen LogP contribution in [0, 0.1) is 0 Å². The summed E-state index contributed by atoms with van der Waals surface area (Å²) < 4.78 is 5.64. The second-order valence-corrected chi connectivity index (χ2v) is 6.02. The summed E-state index contributed by atoms with van der Waals surface area (Å²) >= 11 is 0. The first kappa shape index (κ1) is 17.0. The highest BCUT2D eigenvalue weighted by Crippen LogP contribution is 2.11. The molecule has 1 saturated heterocycles. The molecule has 1 aromatic rings. The second kappa shape index (κ2) is 8.91. The summed E-state index contributed by atoms with van der Waals surface area (Å²) in [6, 6.07) is 11.0. The lowest BCUT2D eigenvalue weighted by Crippen LogP contribution is -2.57. The van der Waals surface area contributed by atoms with Crippen molar-refractivity contribution in [2.24, 2.45) is 0 Å². The summed E-state index contributed by atoms with van der Waals surface area (Å²) in [6.45, 7) is 7.35. The highest BCUT2D eigenvalue weighted by atomic mass is 16.5. The molecule has 1 fully saturated rings. The van der Waals surface area contributed by atoms with Crippen LogP contribution in [0.3, 0.4) is 0 Å². The van der Waals surface area contributed by atoms with Crippen molar-refractivity contribution in [3.63, 3.8) is 0 Å². The number of amides is 1. The van der Waals surface area contributed by atoms with Gasteiger partial charge < -0.3 is 15.0 Å². The Labute approximate surface area is 133 Å². The molecule has 0 aliphatic carbocycles. The Bertz CT molecular complexity index is 450. The number of rotatable bonds is 7. The van der Waals surface area contributed by atoms with E-state index in [2.05, 4.69) is 31.3 Å². The zero-order valence-corrected chi connectivity index (χ0v) is 13.8. The Morgan fingerprint density at radius 3 is 2.82 bits per heavy atom. The van der Waals surface area contributed by atoms with Gasteiger partial charge in [0, 0.05) is 38.2 Å². The zero-order chi connectivity index (χ0) is 15.8. The fourth-order valence-corrected chi connectivity index (χ4v) is 2.81. The third-order valence-electron chi connectivity index (χ3n) is 4.41. The van der Waals surface area contributed by atoms with Crippen LogP contribution in [-0.2, 0) is 16.0 Å². The minimum atomic E-state index is 0.257. The molecule has 0 radical (unpaired) electrons. The van der Waals surface area contributed by atoms with Crippen LogP contribution in [0.4, 0.5) is 0 Å². The van der Waals surface area contributed by atoms with Crippen LogP contribution in [-0.4, -0.2) is 49.2 Å². The lowest BCUT2D eigenvalue weighted by molar-refractivity contribution is -0.135. The highest BCUT2D eigenvalue weighted by molar-refractivity contribution is 5.76. The number of piperazine rings is 1. The van der Waals surface area contributed by atoms with Gasteiger partial charge in [0.15, 0.2) is 0 Å². The molecule has 1 heterocycles. The summed E-state index contributed by atoms with van der Waals surface area (Å²) in [5.41, 5.74) is 1.29. The summed E-state index contributed by atoms with van der Waals surface area (Å²) in [5, 5.41) is 3.40. The van der Waals surface area contributed by atoms with Crippen molar-refractivity contribution >= 4 is 5.91 Å². The molecule has 4 heteroatoms. The Kier molecular flexibility index (Phi) is 6.87. The first-order valence-corrected chi connectivity index (χ1v) is 8.33. The third kappa shape index (κ3) is 5.11. The molecule has 1 amide bonds. The molecule has 0 spiro atoms. The molecule has 22 heavy (non-hydrogen) atoms. The molecule has 2 atom stereocenters. The lowest BCUT2D eigenvalue weighted by atomic mass is 10.1. The predicted molar refractivity (Wildman–Crippen MR) is 88.8 cm³/mol. The molecule has 1 aliphatic rings. The Hall–Kier alpha value is -1.39. The predicted octanol–water partition coefficient (Wildman–Crippen LogP) is 2.23. The van der Waals surface area contributed by atoms with E-state index in [0.717, 1.165) is 32.5 Å². The van der Waals surface area contributed by atoms with E-state index >= 15 is 0 Å². The molecule has 0 saturated carbocycles. The Morgan fingerprint density at radius 2 is 2.05 bits per heavy atom. The molecule has 0 bridgehead atoms. The number of ether oxygens (including phenoxy) is 1. The van der Waals surface area contributed by atoms with Crippen molar-refractivity contribution < 1.29 is 9.53 Å². The van der Waals surface area contributed by atoms with Gasteiger partial charge in [-0.25, -0.2) is 0 Å². The zero-order valence-electron chi connectivity index (χ0n) is 13.8. The van der Waals surface area contributed by atoms with Crippen LogP contribution < -0.4 is 5.32 Å². The number of nitrogens with zero attached hydrogens (tertiary/aromatic N) is 1. The van der Waals surface area contributed by atoms with Gasteiger partial charge in [0.1, 0.15) is 0 Å². The van der Waals surface area contributed by atoms with Crippen molar-refractivity contribution in [3.05, 3.63) is 35.9 Å². The minimum absolute atomic E-state index is 0.257. The Balaban J connectivity index is 1.57. The summed E-state index contributed by atoms with van der Waals surface area (Å²) in [5.74, 6) is 0.257. The first-order valence-electron chi connectivity index (χ1n) is 8.33. The van der Waals surface area contributed by atoms with Gasteiger partial charge in [-0.05, 0) is 32.3 Å². The van der Waals surface area contributed by atoms with Crippen LogP contribution in [0.5, 0.6) is 0 Å². The second-order valence-electron chi connectivity index (χ2n) is 6.02. The van der Waals surface area contributed by atoms with Crippen molar-refractivity contribution in [3.8, 4) is 0 Å². The maximum absolute atomic E-state index is 12.3. The van der Waals surface area contributed by atoms with Crippen LogP contribution in [0.25, 0.3) is 0 Å². The van der Waals surface area contributed by atoms with Gasteiger partial charge in [0.25, 0.3) is 0 Å². The first-order chi connectivity index (χ1) is 10.7. The third-order valence-corrected chi connectivity index (χ3v) is 4.41. The van der Waals surface area contributed by atoms with Crippen LogP contribution in [0.2, 0.25) is 0 Å². The summed E-state index contributed by atoms with van der Waals surface area (Å²) in [6.07, 6.45) is 2.32. The Morgan fingerprint density at radius 1 is 1.27 bits per heavy atom. The number of benzene rings is 1. The molecule has 2 unspecified atom stereocenters. The molecule has 2 rings (SSSR count). The van der Waals surface area contributed by atoms with Gasteiger partial charge in [-0.15, -0.1) is 0 Å². The van der Waals surface area contributed by atoms with E-state index in [1.165, 1.54) is 5.56 Å². The van der Waals surface area contributed by atoms with Crippen molar-refractivity contribution in [2.75, 3.05) is 26.3 Å². The van der Waals surface area contributed by atoms with Crippen LogP contribution in [0.1, 0.15) is 32.3 Å². The van der Waals surface area contributed by atoms with E-state index in [9.17, 15) is 4.79 Å². The molecule has 1 aliphatic heterocycles. The standard InChI is InChI=1S/C18H28N2O2/c1-15-16(2)20(12-11-19-15)18(21)9-6-13-22-14-10-17-7-4-3-5-8-17/h3-5,7-8,15-16,19H,6,9-14H2,1-2H3. The van der Waals surface area contributed by atoms with E-state index in [0.29, 0.717) is 19.1 Å². The normalized spacial score (nSPS) is 21.8. The molecule has 1 aromatic carbocycles. The topological polar surface area (TPSA) is 41.6 Å². The van der Waals surface area contributed by atoms with Gasteiger partial charge in [0.2, 0.25) is 5.91 Å². The number of nitrogens with one attached hydrogen (secondary N) is 1. The molecule has 122 valence electrons. The number of carbonyl (C=O) groups is 1. The fraction of sp³-hybridized carbons (Fsp3) is 0.611. The number of hydrogen-bond donors (Lipinski definition) is 1. The molecule has 1 N–H and O–H groups in total. The molecule has 0 aromatic heterocycles. The SMILES string of the molecule is CC1NCCN(C(=O)CCCOCCc2ccccc2)C1C. The van der Waals surface area contributed by atoms with E-state index in [1.54, 1.807) is 0 Å². The van der Waals surface area contributed by atoms with Gasteiger partial charge in [0.05, 0.1) is 6.61 Å². The monoisotopic (exact) mass is 304 g/mol. The maximum atomic E-state index is 12.3. The van der Waals surface area contributed by atoms with Crippen molar-refractivity contribution in [2.45, 2.75) is 45.2 Å². The van der Waals surface area contributed by atoms with E-state index in [4.69, 9.17) is 4.74 Å². The number of hydrogen-bond acceptors (Lipinski definition) is 3. The van der Waals surface area contributed by atoms with Crippen molar-refractivity contribution in [1.82, 2.24) is 10.2 Å². The minimum Gasteiger partial charge on any atom is -0.381 e. The fourth-order valence-electron chi connectivity index (χ4n) is 2.81. The van der Waals surface area contributed by atoms with Gasteiger partial charge in [-0.1, -0.05) is 30.3 Å². The van der Waals surface area contributed by atoms with Crippen LogP contribution >= 0.6 is 0 Å². The summed E-state index contributed by atoms with van der Waals surface area (Å²) in [4.78, 5) is 14.3. The van der Waals surface area contributed by atoms with E-state index in [1.807, 2.05) is 23.1 Å². The largest absolute Gasteiger partial charge is 0.381 e. The smallest absolute Gasteiger partial charge is 0.222 e. The van der Waals surface area contributed by atoms with Gasteiger partial charge in [-0.3, -0.25) is 4.79 Å². The van der Waals surface area contributed by atoms with E-state index < -0.39 is 0 Å².